The zero-order valence-electron chi connectivity index (χ0n) is 19.1. The molecule has 174 valence electrons. The number of thiophene rings is 2. The van der Waals surface area contributed by atoms with E-state index < -0.39 is 11.9 Å². The van der Waals surface area contributed by atoms with Gasteiger partial charge in [-0.1, -0.05) is 13.8 Å². The van der Waals surface area contributed by atoms with Gasteiger partial charge in [-0.2, -0.15) is 0 Å². The van der Waals surface area contributed by atoms with Crippen molar-refractivity contribution in [1.29, 1.82) is 0 Å². The molecule has 10 heteroatoms. The van der Waals surface area contributed by atoms with Gasteiger partial charge in [0.25, 0.3) is 0 Å². The van der Waals surface area contributed by atoms with Crippen LogP contribution in [0.4, 0.5) is 10.0 Å². The number of hydrogen-bond donors (Lipinski definition) is 2. The van der Waals surface area contributed by atoms with Crippen LogP contribution in [0.5, 0.6) is 0 Å². The molecule has 0 atom stereocenters. The monoisotopic (exact) mass is 480 g/mol. The molecule has 2 aromatic rings. The molecule has 0 aromatic carbocycles. The summed E-state index contributed by atoms with van der Waals surface area (Å²) in [4.78, 5) is 51.1. The van der Waals surface area contributed by atoms with E-state index in [2.05, 4.69) is 10.6 Å². The number of carbonyl (C=O) groups excluding carboxylic acids is 4. The van der Waals surface area contributed by atoms with Gasteiger partial charge in [0.05, 0.1) is 25.3 Å². The minimum Gasteiger partial charge on any atom is -0.465 e. The Kier molecular flexibility index (Phi) is 8.97. The standard InChI is InChI=1S/C22H28N2O6S2/c1-7-13-11(3)31-19(17(13)21(27)29-5)23-15(25)9-10-16(26)24-20-18(22(28)30-6)14(8-2)12(4)32-20/h7-10H2,1-6H3,(H,23,25)(H,24,26). The Hall–Kier alpha value is -2.72. The summed E-state index contributed by atoms with van der Waals surface area (Å²) in [5.74, 6) is -1.79. The van der Waals surface area contributed by atoms with Crippen LogP contribution in [0.1, 0.15) is 68.3 Å². The van der Waals surface area contributed by atoms with Crippen molar-refractivity contribution in [2.75, 3.05) is 24.9 Å². The molecule has 0 aliphatic carbocycles. The summed E-state index contributed by atoms with van der Waals surface area (Å²) in [5.41, 5.74) is 2.40. The predicted molar refractivity (Wildman–Crippen MR) is 126 cm³/mol. The highest BCUT2D eigenvalue weighted by atomic mass is 32.1. The second kappa shape index (κ2) is 11.2. The van der Waals surface area contributed by atoms with Gasteiger partial charge in [0.2, 0.25) is 11.8 Å². The number of rotatable bonds is 9. The minimum absolute atomic E-state index is 0.0800. The van der Waals surface area contributed by atoms with Gasteiger partial charge in [0, 0.05) is 22.6 Å². The van der Waals surface area contributed by atoms with Gasteiger partial charge in [-0.3, -0.25) is 9.59 Å². The van der Waals surface area contributed by atoms with Crippen LogP contribution in [0.25, 0.3) is 0 Å². The van der Waals surface area contributed by atoms with Crippen molar-refractivity contribution >= 4 is 56.4 Å². The van der Waals surface area contributed by atoms with Crippen LogP contribution < -0.4 is 10.6 Å². The summed E-state index contributed by atoms with van der Waals surface area (Å²) in [7, 11) is 2.59. The van der Waals surface area contributed by atoms with Gasteiger partial charge in [0.15, 0.2) is 0 Å². The first-order chi connectivity index (χ1) is 15.2. The van der Waals surface area contributed by atoms with E-state index in [4.69, 9.17) is 9.47 Å². The number of ether oxygens (including phenoxy) is 2. The van der Waals surface area contributed by atoms with E-state index in [0.29, 0.717) is 34.0 Å². The quantitative estimate of drug-likeness (QED) is 0.512. The Bertz CT molecular complexity index is 956. The van der Waals surface area contributed by atoms with Crippen molar-refractivity contribution in [3.8, 4) is 0 Å². The molecule has 0 radical (unpaired) electrons. The molecule has 0 saturated carbocycles. The lowest BCUT2D eigenvalue weighted by Gasteiger charge is -2.08. The number of amides is 2. The van der Waals surface area contributed by atoms with Crippen LogP contribution in [0.2, 0.25) is 0 Å². The molecule has 2 heterocycles. The summed E-state index contributed by atoms with van der Waals surface area (Å²) < 4.78 is 9.71. The maximum Gasteiger partial charge on any atom is 0.341 e. The number of aryl methyl sites for hydroxylation is 2. The van der Waals surface area contributed by atoms with Crippen molar-refractivity contribution in [3.05, 3.63) is 32.0 Å². The molecule has 2 amide bonds. The summed E-state index contributed by atoms with van der Waals surface area (Å²) in [5, 5.41) is 6.30. The third kappa shape index (κ3) is 5.55. The molecular weight excluding hydrogens is 452 g/mol. The lowest BCUT2D eigenvalue weighted by molar-refractivity contribution is -0.121. The molecule has 0 saturated heterocycles. The van der Waals surface area contributed by atoms with Crippen molar-refractivity contribution in [2.24, 2.45) is 0 Å². The van der Waals surface area contributed by atoms with Crippen LogP contribution >= 0.6 is 22.7 Å². The van der Waals surface area contributed by atoms with Crippen molar-refractivity contribution < 1.29 is 28.7 Å². The Balaban J connectivity index is 2.07. The second-order valence-corrected chi connectivity index (χ2v) is 9.42. The second-order valence-electron chi connectivity index (χ2n) is 6.97. The fraction of sp³-hybridized carbons (Fsp3) is 0.455. The van der Waals surface area contributed by atoms with Crippen molar-refractivity contribution in [3.63, 3.8) is 0 Å². The molecule has 2 rings (SSSR count). The van der Waals surface area contributed by atoms with Crippen LogP contribution in [0, 0.1) is 13.8 Å². The van der Waals surface area contributed by atoms with Crippen LogP contribution in [-0.2, 0) is 31.9 Å². The molecule has 32 heavy (non-hydrogen) atoms. The molecule has 0 bridgehead atoms. The number of carbonyl (C=O) groups is 4. The van der Waals surface area contributed by atoms with Crippen molar-refractivity contribution in [1.82, 2.24) is 0 Å². The average molecular weight is 481 g/mol. The fourth-order valence-corrected chi connectivity index (χ4v) is 5.72. The lowest BCUT2D eigenvalue weighted by Crippen LogP contribution is -2.19. The fourth-order valence-electron chi connectivity index (χ4n) is 3.43. The van der Waals surface area contributed by atoms with E-state index >= 15 is 0 Å². The number of nitrogens with one attached hydrogen (secondary N) is 2. The normalized spacial score (nSPS) is 10.6. The summed E-state index contributed by atoms with van der Waals surface area (Å²) in [6.07, 6.45) is 1.11. The third-order valence-electron chi connectivity index (χ3n) is 4.99. The van der Waals surface area contributed by atoms with E-state index in [-0.39, 0.29) is 24.7 Å². The number of methoxy groups -OCH3 is 2. The van der Waals surface area contributed by atoms with E-state index in [0.717, 1.165) is 20.9 Å². The van der Waals surface area contributed by atoms with Gasteiger partial charge in [-0.05, 0) is 37.8 Å². The first-order valence-corrected chi connectivity index (χ1v) is 11.8. The maximum absolute atomic E-state index is 12.5. The maximum atomic E-state index is 12.5. The smallest absolute Gasteiger partial charge is 0.341 e. The summed E-state index contributed by atoms with van der Waals surface area (Å²) in [6.45, 7) is 7.61. The summed E-state index contributed by atoms with van der Waals surface area (Å²) in [6, 6.07) is 0. The molecule has 0 spiro atoms. The molecular formula is C22H28N2O6S2. The predicted octanol–water partition coefficient (Wildman–Crippen LogP) is 4.48. The van der Waals surface area contributed by atoms with Gasteiger partial charge >= 0.3 is 11.9 Å². The van der Waals surface area contributed by atoms with E-state index in [1.54, 1.807) is 0 Å². The van der Waals surface area contributed by atoms with Crippen LogP contribution in [0.3, 0.4) is 0 Å². The van der Waals surface area contributed by atoms with Gasteiger partial charge in [-0.15, -0.1) is 22.7 Å². The molecule has 2 N–H and O–H groups in total. The Labute approximate surface area is 195 Å². The zero-order chi connectivity index (χ0) is 24.0. The molecule has 0 fully saturated rings. The van der Waals surface area contributed by atoms with Gasteiger partial charge in [0.1, 0.15) is 10.0 Å². The molecule has 0 unspecified atom stereocenters. The highest BCUT2D eigenvalue weighted by Crippen LogP contribution is 2.35. The Morgan fingerprint density at radius 2 is 1.06 bits per heavy atom. The number of esters is 2. The minimum atomic E-state index is -0.505. The molecule has 2 aromatic heterocycles. The SMILES string of the molecule is CCc1c(C)sc(NC(=O)CCC(=O)Nc2sc(C)c(CC)c2C(=O)OC)c1C(=O)OC. The van der Waals surface area contributed by atoms with Crippen LogP contribution in [0.15, 0.2) is 0 Å². The molecule has 0 aliphatic heterocycles. The van der Waals surface area contributed by atoms with E-state index in [1.165, 1.54) is 36.9 Å². The Morgan fingerprint density at radius 3 is 1.34 bits per heavy atom. The van der Waals surface area contributed by atoms with E-state index in [9.17, 15) is 19.2 Å². The lowest BCUT2D eigenvalue weighted by atomic mass is 10.1. The largest absolute Gasteiger partial charge is 0.465 e. The van der Waals surface area contributed by atoms with Crippen LogP contribution in [-0.4, -0.2) is 38.0 Å². The molecule has 8 nitrogen and oxygen atoms in total. The highest BCUT2D eigenvalue weighted by molar-refractivity contribution is 7.17. The van der Waals surface area contributed by atoms with Gasteiger partial charge < -0.3 is 20.1 Å². The molecule has 0 aliphatic rings. The van der Waals surface area contributed by atoms with E-state index in [1.807, 2.05) is 27.7 Å². The van der Waals surface area contributed by atoms with Crippen molar-refractivity contribution in [2.45, 2.75) is 53.4 Å². The topological polar surface area (TPSA) is 111 Å². The number of hydrogen-bond acceptors (Lipinski definition) is 8. The van der Waals surface area contributed by atoms with Gasteiger partial charge in [-0.25, -0.2) is 9.59 Å². The highest BCUT2D eigenvalue weighted by Gasteiger charge is 2.25. The third-order valence-corrected chi connectivity index (χ3v) is 7.11. The zero-order valence-corrected chi connectivity index (χ0v) is 20.7. The Morgan fingerprint density at radius 1 is 0.719 bits per heavy atom. The average Bonchev–Trinajstić information content (AvgIpc) is 3.25. The first-order valence-electron chi connectivity index (χ1n) is 10.2. The first kappa shape index (κ1) is 25.5. The summed E-state index contributed by atoms with van der Waals surface area (Å²) >= 11 is 2.61. The number of anilines is 2.